The quantitative estimate of drug-likeness (QED) is 0.532. The Labute approximate surface area is 85.0 Å². The van der Waals surface area contributed by atoms with Crippen molar-refractivity contribution in [3.05, 3.63) is 12.7 Å². The molecule has 4 heteroatoms. The van der Waals surface area contributed by atoms with E-state index in [0.717, 1.165) is 6.54 Å². The van der Waals surface area contributed by atoms with E-state index < -0.39 is 0 Å². The first-order valence-electron chi connectivity index (χ1n) is 4.26. The number of nitrogens with zero attached hydrogens (tertiary/aromatic N) is 2. The van der Waals surface area contributed by atoms with Gasteiger partial charge in [-0.2, -0.15) is 5.26 Å². The predicted molar refractivity (Wildman–Crippen MR) is 58.3 cm³/mol. The summed E-state index contributed by atoms with van der Waals surface area (Å²) in [6, 6.07) is 2.09. The van der Waals surface area contributed by atoms with Crippen LogP contribution in [0.3, 0.4) is 0 Å². The van der Waals surface area contributed by atoms with Gasteiger partial charge in [-0.3, -0.25) is 0 Å². The van der Waals surface area contributed by atoms with Gasteiger partial charge in [-0.15, -0.1) is 6.58 Å². The van der Waals surface area contributed by atoms with Gasteiger partial charge in [0.15, 0.2) is 5.11 Å². The third-order valence-corrected chi connectivity index (χ3v) is 1.96. The Morgan fingerprint density at radius 1 is 1.77 bits per heavy atom. The van der Waals surface area contributed by atoms with E-state index in [4.69, 9.17) is 17.5 Å². The van der Waals surface area contributed by atoms with Gasteiger partial charge in [0.2, 0.25) is 0 Å². The molecule has 0 aliphatic carbocycles. The predicted octanol–water partition coefficient (Wildman–Crippen LogP) is 1.28. The molecular weight excluding hydrogens is 182 g/mol. The highest BCUT2D eigenvalue weighted by atomic mass is 32.1. The summed E-state index contributed by atoms with van der Waals surface area (Å²) in [4.78, 5) is 1.96. The van der Waals surface area contributed by atoms with Crippen LogP contribution in [0.4, 0.5) is 0 Å². The van der Waals surface area contributed by atoms with Gasteiger partial charge in [0.25, 0.3) is 0 Å². The smallest absolute Gasteiger partial charge is 0.169 e. The van der Waals surface area contributed by atoms with Crippen LogP contribution in [-0.4, -0.2) is 29.6 Å². The highest BCUT2D eigenvalue weighted by Crippen LogP contribution is 1.91. The molecule has 0 unspecified atom stereocenters. The van der Waals surface area contributed by atoms with Crippen molar-refractivity contribution in [2.45, 2.75) is 13.3 Å². The number of thiocarbonyl (C=S) groups is 1. The largest absolute Gasteiger partial charge is 0.359 e. The van der Waals surface area contributed by atoms with Gasteiger partial charge in [0, 0.05) is 19.6 Å². The van der Waals surface area contributed by atoms with E-state index in [0.29, 0.717) is 24.6 Å². The Kier molecular flexibility index (Phi) is 6.93. The summed E-state index contributed by atoms with van der Waals surface area (Å²) in [5, 5.41) is 12.1. The molecule has 1 N–H and O–H groups in total. The standard InChI is InChI=1S/C9H15N3S/c1-3-7-11-9(13)12(4-2)8-5-6-10/h3H,1,4-5,7-8H2,2H3,(H,11,13). The first-order chi connectivity index (χ1) is 6.26. The minimum atomic E-state index is 0.504. The highest BCUT2D eigenvalue weighted by Gasteiger charge is 2.04. The Bertz CT molecular complexity index is 207. The van der Waals surface area contributed by atoms with Crippen molar-refractivity contribution in [3.8, 4) is 6.07 Å². The fraction of sp³-hybridized carbons (Fsp3) is 0.556. The maximum atomic E-state index is 8.41. The van der Waals surface area contributed by atoms with Crippen molar-refractivity contribution in [1.29, 1.82) is 5.26 Å². The SMILES string of the molecule is C=CCNC(=S)N(CC)CCC#N. The molecule has 0 aromatic heterocycles. The molecule has 0 aromatic rings. The molecular formula is C9H15N3S. The van der Waals surface area contributed by atoms with E-state index in [1.807, 2.05) is 11.8 Å². The van der Waals surface area contributed by atoms with Crippen molar-refractivity contribution in [3.63, 3.8) is 0 Å². The van der Waals surface area contributed by atoms with Crippen LogP contribution in [0.2, 0.25) is 0 Å². The minimum Gasteiger partial charge on any atom is -0.359 e. The van der Waals surface area contributed by atoms with Crippen molar-refractivity contribution in [2.75, 3.05) is 19.6 Å². The van der Waals surface area contributed by atoms with Gasteiger partial charge < -0.3 is 10.2 Å². The number of nitrogens with one attached hydrogen (secondary N) is 1. The van der Waals surface area contributed by atoms with Crippen molar-refractivity contribution < 1.29 is 0 Å². The van der Waals surface area contributed by atoms with Crippen molar-refractivity contribution >= 4 is 17.3 Å². The van der Waals surface area contributed by atoms with E-state index in [2.05, 4.69) is 18.0 Å². The Balaban J connectivity index is 3.85. The van der Waals surface area contributed by atoms with Gasteiger partial charge in [0.1, 0.15) is 0 Å². The van der Waals surface area contributed by atoms with Crippen LogP contribution in [-0.2, 0) is 0 Å². The van der Waals surface area contributed by atoms with Gasteiger partial charge >= 0.3 is 0 Å². The number of rotatable bonds is 5. The van der Waals surface area contributed by atoms with Gasteiger partial charge in [-0.05, 0) is 19.1 Å². The molecule has 0 spiro atoms. The van der Waals surface area contributed by atoms with Crippen LogP contribution in [0, 0.1) is 11.3 Å². The van der Waals surface area contributed by atoms with Crippen LogP contribution in [0.5, 0.6) is 0 Å². The fourth-order valence-corrected chi connectivity index (χ4v) is 1.16. The summed E-state index contributed by atoms with van der Waals surface area (Å²) in [5.74, 6) is 0. The lowest BCUT2D eigenvalue weighted by Gasteiger charge is -2.22. The lowest BCUT2D eigenvalue weighted by molar-refractivity contribution is 0.444. The molecule has 0 bridgehead atoms. The van der Waals surface area contributed by atoms with Crippen LogP contribution in [0.25, 0.3) is 0 Å². The van der Waals surface area contributed by atoms with Crippen molar-refractivity contribution in [2.24, 2.45) is 0 Å². The molecule has 0 aliphatic rings. The molecule has 0 atom stereocenters. The van der Waals surface area contributed by atoms with E-state index >= 15 is 0 Å². The molecule has 0 aliphatic heterocycles. The van der Waals surface area contributed by atoms with Crippen LogP contribution in [0.15, 0.2) is 12.7 Å². The summed E-state index contributed by atoms with van der Waals surface area (Å²) in [5.41, 5.74) is 0. The topological polar surface area (TPSA) is 39.1 Å². The molecule has 0 saturated heterocycles. The maximum absolute atomic E-state index is 8.41. The molecule has 0 radical (unpaired) electrons. The Hall–Kier alpha value is -1.08. The molecule has 13 heavy (non-hydrogen) atoms. The monoisotopic (exact) mass is 197 g/mol. The highest BCUT2D eigenvalue weighted by molar-refractivity contribution is 7.80. The number of hydrogen-bond acceptors (Lipinski definition) is 2. The van der Waals surface area contributed by atoms with Gasteiger partial charge in [0.05, 0.1) is 12.5 Å². The summed E-state index contributed by atoms with van der Waals surface area (Å²) < 4.78 is 0. The van der Waals surface area contributed by atoms with Gasteiger partial charge in [-0.1, -0.05) is 6.08 Å². The molecule has 0 heterocycles. The average molecular weight is 197 g/mol. The third-order valence-electron chi connectivity index (χ3n) is 1.56. The molecule has 0 fully saturated rings. The van der Waals surface area contributed by atoms with E-state index in [1.165, 1.54) is 0 Å². The van der Waals surface area contributed by atoms with Crippen molar-refractivity contribution in [1.82, 2.24) is 10.2 Å². The minimum absolute atomic E-state index is 0.504. The molecule has 3 nitrogen and oxygen atoms in total. The summed E-state index contributed by atoms with van der Waals surface area (Å²) in [7, 11) is 0. The van der Waals surface area contributed by atoms with E-state index in [1.54, 1.807) is 6.08 Å². The lowest BCUT2D eigenvalue weighted by atomic mass is 10.4. The Morgan fingerprint density at radius 3 is 2.92 bits per heavy atom. The number of hydrogen-bond donors (Lipinski definition) is 1. The fourth-order valence-electron chi connectivity index (χ4n) is 0.860. The summed E-state index contributed by atoms with van der Waals surface area (Å²) in [6.45, 7) is 7.78. The first kappa shape index (κ1) is 11.9. The van der Waals surface area contributed by atoms with Gasteiger partial charge in [-0.25, -0.2) is 0 Å². The molecule has 0 aromatic carbocycles. The summed E-state index contributed by atoms with van der Waals surface area (Å²) >= 11 is 5.11. The second-order valence-electron chi connectivity index (χ2n) is 2.46. The molecule has 0 rings (SSSR count). The second-order valence-corrected chi connectivity index (χ2v) is 2.85. The number of nitriles is 1. The molecule has 0 saturated carbocycles. The van der Waals surface area contributed by atoms with Crippen LogP contribution < -0.4 is 5.32 Å². The second kappa shape index (κ2) is 7.56. The zero-order valence-corrected chi connectivity index (χ0v) is 8.73. The van der Waals surface area contributed by atoms with Crippen LogP contribution in [0.1, 0.15) is 13.3 Å². The Morgan fingerprint density at radius 2 is 2.46 bits per heavy atom. The zero-order chi connectivity index (χ0) is 10.1. The maximum Gasteiger partial charge on any atom is 0.169 e. The van der Waals surface area contributed by atoms with E-state index in [9.17, 15) is 0 Å². The normalized spacial score (nSPS) is 8.62. The lowest BCUT2D eigenvalue weighted by Crippen LogP contribution is -2.40. The molecule has 0 amide bonds. The summed E-state index contributed by atoms with van der Waals surface area (Å²) in [6.07, 6.45) is 2.26. The average Bonchev–Trinajstić information content (AvgIpc) is 2.16. The first-order valence-corrected chi connectivity index (χ1v) is 4.67. The van der Waals surface area contributed by atoms with Crippen LogP contribution >= 0.6 is 12.2 Å². The molecule has 72 valence electrons. The zero-order valence-electron chi connectivity index (χ0n) is 7.92. The third kappa shape index (κ3) is 5.21. The van der Waals surface area contributed by atoms with E-state index in [-0.39, 0.29) is 0 Å².